The van der Waals surface area contributed by atoms with Gasteiger partial charge < -0.3 is 0 Å². The van der Waals surface area contributed by atoms with E-state index in [4.69, 9.17) is 0 Å². The third kappa shape index (κ3) is 2.77. The number of fused-ring (bicyclic) bond motifs is 2. The molecule has 0 saturated carbocycles. The van der Waals surface area contributed by atoms with Crippen molar-refractivity contribution in [2.24, 2.45) is 5.92 Å². The van der Waals surface area contributed by atoms with Gasteiger partial charge in [-0.15, -0.1) is 0 Å². The van der Waals surface area contributed by atoms with Crippen LogP contribution in [0.1, 0.15) is 37.7 Å². The van der Waals surface area contributed by atoms with Gasteiger partial charge in [0, 0.05) is 35.2 Å². The molecule has 2 nitrogen and oxygen atoms in total. The highest BCUT2D eigenvalue weighted by molar-refractivity contribution is 8.00. The van der Waals surface area contributed by atoms with E-state index in [1.807, 2.05) is 18.3 Å². The lowest BCUT2D eigenvalue weighted by Crippen LogP contribution is -2.33. The van der Waals surface area contributed by atoms with Crippen molar-refractivity contribution in [2.45, 2.75) is 49.0 Å². The van der Waals surface area contributed by atoms with E-state index in [2.05, 4.69) is 16.7 Å². The van der Waals surface area contributed by atoms with Crippen LogP contribution < -0.4 is 0 Å². The second-order valence-corrected chi connectivity index (χ2v) is 7.09. The fourth-order valence-electron chi connectivity index (χ4n) is 3.17. The first kappa shape index (κ1) is 12.2. The minimum absolute atomic E-state index is 0.307. The maximum atomic E-state index is 12.4. The van der Waals surface area contributed by atoms with Gasteiger partial charge in [-0.05, 0) is 37.3 Å². The third-order valence-electron chi connectivity index (χ3n) is 4.09. The number of thioether (sulfide) groups is 1. The van der Waals surface area contributed by atoms with Crippen LogP contribution in [0, 0.1) is 5.92 Å². The van der Waals surface area contributed by atoms with Gasteiger partial charge in [-0.2, -0.15) is 11.8 Å². The molecule has 0 aromatic carbocycles. The summed E-state index contributed by atoms with van der Waals surface area (Å²) >= 11 is 2.14. The molecule has 1 aromatic heterocycles. The number of hydrogen-bond acceptors (Lipinski definition) is 3. The van der Waals surface area contributed by atoms with E-state index in [1.54, 1.807) is 6.20 Å². The Kier molecular flexibility index (Phi) is 3.69. The average Bonchev–Trinajstić information content (AvgIpc) is 2.39. The van der Waals surface area contributed by atoms with Gasteiger partial charge in [-0.1, -0.05) is 12.5 Å². The summed E-state index contributed by atoms with van der Waals surface area (Å²) in [4.78, 5) is 16.4. The molecule has 0 radical (unpaired) electrons. The fourth-order valence-corrected chi connectivity index (χ4v) is 5.01. The van der Waals surface area contributed by atoms with E-state index in [-0.39, 0.29) is 0 Å². The van der Waals surface area contributed by atoms with Gasteiger partial charge in [-0.25, -0.2) is 0 Å². The molecule has 0 spiro atoms. The van der Waals surface area contributed by atoms with Gasteiger partial charge in [0.05, 0.1) is 0 Å². The highest BCUT2D eigenvalue weighted by Gasteiger charge is 2.35. The first-order valence-electron chi connectivity index (χ1n) is 6.88. The number of Topliss-reactive ketones (excluding diaryl/α,β-unsaturated/α-hetero) is 1. The Labute approximate surface area is 113 Å². The molecule has 2 atom stereocenters. The topological polar surface area (TPSA) is 30.0 Å². The summed E-state index contributed by atoms with van der Waals surface area (Å²) in [6.07, 6.45) is 10.4. The molecular weight excluding hydrogens is 242 g/mol. The van der Waals surface area contributed by atoms with Crippen LogP contribution in [0.5, 0.6) is 0 Å². The van der Waals surface area contributed by atoms with Gasteiger partial charge in [-0.3, -0.25) is 9.78 Å². The molecule has 2 aliphatic rings. The van der Waals surface area contributed by atoms with Crippen molar-refractivity contribution in [2.75, 3.05) is 0 Å². The summed E-state index contributed by atoms with van der Waals surface area (Å²) in [5, 5.41) is 1.50. The number of nitrogens with zero attached hydrogens (tertiary/aromatic N) is 1. The van der Waals surface area contributed by atoms with Crippen molar-refractivity contribution in [3.05, 3.63) is 30.1 Å². The maximum absolute atomic E-state index is 12.4. The molecule has 0 N–H and O–H groups in total. The molecule has 96 valence electrons. The van der Waals surface area contributed by atoms with Gasteiger partial charge in [0.2, 0.25) is 0 Å². The molecule has 2 aliphatic heterocycles. The molecular formula is C15H19NOS. The molecule has 3 rings (SSSR count). The normalized spacial score (nSPS) is 31.0. The summed E-state index contributed by atoms with van der Waals surface area (Å²) in [5.74, 6) is 0.738. The standard InChI is InChI=1S/C15H19NOS/c17-15(7-11-3-2-6-16-10-11)12-8-13-4-1-5-14(9-12)18-13/h2-3,6,10,12-14H,1,4-5,7-9H2. The molecule has 1 aromatic rings. The number of carbonyl (C=O) groups is 1. The number of pyridine rings is 1. The number of aromatic nitrogens is 1. The summed E-state index contributed by atoms with van der Waals surface area (Å²) in [6.45, 7) is 0. The Morgan fingerprint density at radius 2 is 2.11 bits per heavy atom. The van der Waals surface area contributed by atoms with Crippen molar-refractivity contribution < 1.29 is 4.79 Å². The van der Waals surface area contributed by atoms with Crippen LogP contribution >= 0.6 is 11.8 Å². The molecule has 2 saturated heterocycles. The van der Waals surface area contributed by atoms with E-state index >= 15 is 0 Å². The monoisotopic (exact) mass is 261 g/mol. The number of ketones is 1. The first-order chi connectivity index (χ1) is 8.81. The minimum Gasteiger partial charge on any atom is -0.299 e. The second-order valence-electron chi connectivity index (χ2n) is 5.48. The molecule has 2 fully saturated rings. The predicted molar refractivity (Wildman–Crippen MR) is 74.7 cm³/mol. The maximum Gasteiger partial charge on any atom is 0.140 e. The first-order valence-corrected chi connectivity index (χ1v) is 7.82. The Bertz CT molecular complexity index is 408. The molecule has 0 amide bonds. The molecule has 3 heteroatoms. The fraction of sp³-hybridized carbons (Fsp3) is 0.600. The van der Waals surface area contributed by atoms with Crippen LogP contribution in [0.25, 0.3) is 0 Å². The summed E-state index contributed by atoms with van der Waals surface area (Å²) in [6, 6.07) is 3.91. The van der Waals surface area contributed by atoms with Gasteiger partial charge in [0.1, 0.15) is 5.78 Å². The molecule has 0 aliphatic carbocycles. The van der Waals surface area contributed by atoms with Crippen LogP contribution in [0.3, 0.4) is 0 Å². The Morgan fingerprint density at radius 1 is 1.33 bits per heavy atom. The zero-order valence-corrected chi connectivity index (χ0v) is 11.4. The SMILES string of the molecule is O=C(Cc1cccnc1)C1CC2CCCC(C1)S2. The van der Waals surface area contributed by atoms with E-state index in [0.29, 0.717) is 18.1 Å². The van der Waals surface area contributed by atoms with Crippen molar-refractivity contribution in [3.8, 4) is 0 Å². The van der Waals surface area contributed by atoms with Crippen molar-refractivity contribution >= 4 is 17.5 Å². The summed E-state index contributed by atoms with van der Waals surface area (Å²) < 4.78 is 0. The predicted octanol–water partition coefficient (Wildman–Crippen LogP) is 3.26. The lowest BCUT2D eigenvalue weighted by atomic mass is 9.85. The van der Waals surface area contributed by atoms with Crippen LogP contribution in [0.4, 0.5) is 0 Å². The minimum atomic E-state index is 0.307. The Hall–Kier alpha value is -0.830. The summed E-state index contributed by atoms with van der Waals surface area (Å²) in [5.41, 5.74) is 1.06. The largest absolute Gasteiger partial charge is 0.299 e. The lowest BCUT2D eigenvalue weighted by Gasteiger charge is -2.38. The third-order valence-corrected chi connectivity index (χ3v) is 5.71. The van der Waals surface area contributed by atoms with Crippen molar-refractivity contribution in [3.63, 3.8) is 0 Å². The van der Waals surface area contributed by atoms with E-state index in [1.165, 1.54) is 19.3 Å². The highest BCUT2D eigenvalue weighted by Crippen LogP contribution is 2.44. The lowest BCUT2D eigenvalue weighted by molar-refractivity contribution is -0.122. The van der Waals surface area contributed by atoms with E-state index < -0.39 is 0 Å². The Balaban J connectivity index is 1.63. The number of rotatable bonds is 3. The van der Waals surface area contributed by atoms with Gasteiger partial charge in [0.15, 0.2) is 0 Å². The van der Waals surface area contributed by atoms with Crippen LogP contribution in [-0.4, -0.2) is 21.3 Å². The molecule has 18 heavy (non-hydrogen) atoms. The Morgan fingerprint density at radius 3 is 2.78 bits per heavy atom. The van der Waals surface area contributed by atoms with E-state index in [0.717, 1.165) is 28.9 Å². The quantitative estimate of drug-likeness (QED) is 0.836. The highest BCUT2D eigenvalue weighted by atomic mass is 32.2. The van der Waals surface area contributed by atoms with E-state index in [9.17, 15) is 4.79 Å². The smallest absolute Gasteiger partial charge is 0.140 e. The number of hydrogen-bond donors (Lipinski definition) is 0. The molecule has 3 heterocycles. The number of carbonyl (C=O) groups excluding carboxylic acids is 1. The van der Waals surface area contributed by atoms with Crippen molar-refractivity contribution in [1.29, 1.82) is 0 Å². The second kappa shape index (κ2) is 5.43. The van der Waals surface area contributed by atoms with Crippen LogP contribution in [0.2, 0.25) is 0 Å². The summed E-state index contributed by atoms with van der Waals surface area (Å²) in [7, 11) is 0. The van der Waals surface area contributed by atoms with Crippen LogP contribution in [-0.2, 0) is 11.2 Å². The van der Waals surface area contributed by atoms with Gasteiger partial charge >= 0.3 is 0 Å². The molecule has 2 bridgehead atoms. The average molecular weight is 261 g/mol. The van der Waals surface area contributed by atoms with Crippen molar-refractivity contribution in [1.82, 2.24) is 4.98 Å². The van der Waals surface area contributed by atoms with Gasteiger partial charge in [0.25, 0.3) is 0 Å². The zero-order valence-electron chi connectivity index (χ0n) is 10.5. The molecule has 2 unspecified atom stereocenters. The zero-order chi connectivity index (χ0) is 12.4. The van der Waals surface area contributed by atoms with Crippen LogP contribution in [0.15, 0.2) is 24.5 Å².